The number of hydrogen-bond donors (Lipinski definition) is 2. The summed E-state index contributed by atoms with van der Waals surface area (Å²) in [5, 5.41) is 25.8. The van der Waals surface area contributed by atoms with Gasteiger partial charge in [-0.1, -0.05) is 60.2 Å². The molecule has 5 nitrogen and oxygen atoms in total. The standard InChI is InChI=1S/C32H40N2O3S/c1-24-9-11-26(12-10-24)30(31(35)36)34-21-28(29(22-34)27-13-19-38-23-27)20-33-17-15-32(37,16-18-33)14-5-8-25-6-3-2-4-7-25/h2-4,6-7,9-13,19,23,28-30,37H,5,8,14-18,20-22H2,1H3,(H,35,36)/t28-,29+,30?/m1/s1. The van der Waals surface area contributed by atoms with Crippen molar-refractivity contribution >= 4 is 17.3 Å². The van der Waals surface area contributed by atoms with Gasteiger partial charge in [0.1, 0.15) is 6.04 Å². The molecule has 3 atom stereocenters. The van der Waals surface area contributed by atoms with Crippen LogP contribution in [0.15, 0.2) is 71.4 Å². The van der Waals surface area contributed by atoms with Gasteiger partial charge in [0.25, 0.3) is 0 Å². The summed E-state index contributed by atoms with van der Waals surface area (Å²) in [5.41, 5.74) is 4.08. The molecule has 2 aliphatic heterocycles. The normalized spacial score (nSPS) is 22.9. The zero-order valence-electron chi connectivity index (χ0n) is 22.3. The third-order valence-corrected chi connectivity index (χ3v) is 9.36. The number of carboxylic acids is 1. The van der Waals surface area contributed by atoms with Gasteiger partial charge in [0.15, 0.2) is 0 Å². The number of hydrogen-bond acceptors (Lipinski definition) is 5. The van der Waals surface area contributed by atoms with Gasteiger partial charge in [-0.15, -0.1) is 0 Å². The van der Waals surface area contributed by atoms with Gasteiger partial charge < -0.3 is 15.1 Å². The molecule has 38 heavy (non-hydrogen) atoms. The summed E-state index contributed by atoms with van der Waals surface area (Å²) in [6.07, 6.45) is 4.49. The Kier molecular flexibility index (Phi) is 8.64. The molecule has 1 unspecified atom stereocenters. The molecule has 3 heterocycles. The second-order valence-electron chi connectivity index (χ2n) is 11.4. The number of carboxylic acid groups (broad SMARTS) is 1. The number of aliphatic hydroxyl groups is 1. The molecule has 202 valence electrons. The van der Waals surface area contributed by atoms with Crippen LogP contribution in [0.1, 0.15) is 59.9 Å². The average Bonchev–Trinajstić information content (AvgIpc) is 3.58. The predicted molar refractivity (Wildman–Crippen MR) is 154 cm³/mol. The monoisotopic (exact) mass is 532 g/mol. The van der Waals surface area contributed by atoms with Crippen LogP contribution < -0.4 is 0 Å². The Hall–Kier alpha value is -2.51. The van der Waals surface area contributed by atoms with E-state index in [-0.39, 0.29) is 0 Å². The molecule has 2 N–H and O–H groups in total. The van der Waals surface area contributed by atoms with Crippen molar-refractivity contribution in [2.24, 2.45) is 5.92 Å². The highest BCUT2D eigenvalue weighted by molar-refractivity contribution is 7.08. The van der Waals surface area contributed by atoms with Gasteiger partial charge in [-0.05, 0) is 78.5 Å². The minimum Gasteiger partial charge on any atom is -0.480 e. The summed E-state index contributed by atoms with van der Waals surface area (Å²) < 4.78 is 0. The number of benzene rings is 2. The summed E-state index contributed by atoms with van der Waals surface area (Å²) in [6.45, 7) is 6.29. The van der Waals surface area contributed by atoms with Crippen LogP contribution in [0, 0.1) is 12.8 Å². The fourth-order valence-electron chi connectivity index (χ4n) is 6.42. The largest absolute Gasteiger partial charge is 0.480 e. The van der Waals surface area contributed by atoms with E-state index >= 15 is 0 Å². The Labute approximate surface area is 230 Å². The van der Waals surface area contributed by atoms with Crippen molar-refractivity contribution in [2.45, 2.75) is 56.6 Å². The second kappa shape index (κ2) is 12.1. The molecule has 0 radical (unpaired) electrons. The third kappa shape index (κ3) is 6.55. The van der Waals surface area contributed by atoms with Crippen molar-refractivity contribution in [2.75, 3.05) is 32.7 Å². The molecule has 3 aromatic rings. The highest BCUT2D eigenvalue weighted by Gasteiger charge is 2.41. The minimum atomic E-state index is -0.780. The average molecular weight is 533 g/mol. The lowest BCUT2D eigenvalue weighted by molar-refractivity contribution is -0.143. The first kappa shape index (κ1) is 27.1. The van der Waals surface area contributed by atoms with Crippen LogP contribution in [0.4, 0.5) is 0 Å². The highest BCUT2D eigenvalue weighted by atomic mass is 32.1. The van der Waals surface area contributed by atoms with Gasteiger partial charge in [0.05, 0.1) is 5.60 Å². The van der Waals surface area contributed by atoms with Crippen molar-refractivity contribution < 1.29 is 15.0 Å². The van der Waals surface area contributed by atoms with Crippen molar-refractivity contribution in [1.82, 2.24) is 9.80 Å². The minimum absolute atomic E-state index is 0.320. The molecule has 0 spiro atoms. The van der Waals surface area contributed by atoms with Gasteiger partial charge in [0, 0.05) is 38.6 Å². The van der Waals surface area contributed by atoms with Gasteiger partial charge in [-0.25, -0.2) is 0 Å². The Balaban J connectivity index is 1.21. The summed E-state index contributed by atoms with van der Waals surface area (Å²) in [6, 6.07) is 20.0. The van der Waals surface area contributed by atoms with E-state index in [1.807, 2.05) is 37.3 Å². The van der Waals surface area contributed by atoms with Crippen molar-refractivity contribution in [3.05, 3.63) is 93.7 Å². The van der Waals surface area contributed by atoms with Gasteiger partial charge in [0.2, 0.25) is 0 Å². The molecule has 2 aromatic carbocycles. The zero-order valence-corrected chi connectivity index (χ0v) is 23.2. The van der Waals surface area contributed by atoms with Crippen LogP contribution in [0.2, 0.25) is 0 Å². The maximum absolute atomic E-state index is 12.4. The molecule has 6 heteroatoms. The van der Waals surface area contributed by atoms with Crippen LogP contribution in [0.5, 0.6) is 0 Å². The highest BCUT2D eigenvalue weighted by Crippen LogP contribution is 2.39. The Bertz CT molecular complexity index is 1160. The van der Waals surface area contributed by atoms with E-state index in [4.69, 9.17) is 0 Å². The van der Waals surface area contributed by atoms with Crippen LogP contribution in [-0.2, 0) is 11.2 Å². The molecule has 0 saturated carbocycles. The van der Waals surface area contributed by atoms with Crippen LogP contribution >= 0.6 is 11.3 Å². The molecule has 5 rings (SSSR count). The van der Waals surface area contributed by atoms with Crippen LogP contribution in [0.3, 0.4) is 0 Å². The maximum atomic E-state index is 12.4. The molecular weight excluding hydrogens is 492 g/mol. The summed E-state index contributed by atoms with van der Waals surface area (Å²) >= 11 is 1.71. The summed E-state index contributed by atoms with van der Waals surface area (Å²) in [7, 11) is 0. The first-order valence-electron chi connectivity index (χ1n) is 13.9. The lowest BCUT2D eigenvalue weighted by Gasteiger charge is -2.40. The first-order chi connectivity index (χ1) is 18.4. The lowest BCUT2D eigenvalue weighted by atomic mass is 9.84. The third-order valence-electron chi connectivity index (χ3n) is 8.66. The quantitative estimate of drug-likeness (QED) is 0.348. The topological polar surface area (TPSA) is 64.0 Å². The van der Waals surface area contributed by atoms with Gasteiger partial charge >= 0.3 is 5.97 Å². The number of aliphatic carboxylic acids is 1. The first-order valence-corrected chi connectivity index (χ1v) is 14.9. The molecule has 0 aliphatic carbocycles. The van der Waals surface area contributed by atoms with E-state index in [1.54, 1.807) is 11.3 Å². The maximum Gasteiger partial charge on any atom is 0.325 e. The van der Waals surface area contributed by atoms with Crippen molar-refractivity contribution in [3.8, 4) is 0 Å². The molecule has 2 aliphatic rings. The van der Waals surface area contributed by atoms with Crippen LogP contribution in [0.25, 0.3) is 0 Å². The number of likely N-dealkylation sites (tertiary alicyclic amines) is 2. The number of aryl methyl sites for hydroxylation is 2. The predicted octanol–water partition coefficient (Wildman–Crippen LogP) is 5.75. The van der Waals surface area contributed by atoms with Gasteiger partial charge in [-0.2, -0.15) is 11.3 Å². The number of thiophene rings is 1. The molecule has 0 amide bonds. The van der Waals surface area contributed by atoms with Crippen molar-refractivity contribution in [3.63, 3.8) is 0 Å². The van der Waals surface area contributed by atoms with E-state index in [9.17, 15) is 15.0 Å². The Morgan fingerprint density at radius 3 is 2.45 bits per heavy atom. The smallest absolute Gasteiger partial charge is 0.325 e. The number of carbonyl (C=O) groups is 1. The summed E-state index contributed by atoms with van der Waals surface area (Å²) in [5.74, 6) is -0.0986. The molecular formula is C32H40N2O3S. The number of piperidine rings is 1. The molecule has 2 saturated heterocycles. The molecule has 1 aromatic heterocycles. The molecule has 2 fully saturated rings. The lowest BCUT2D eigenvalue weighted by Crippen LogP contribution is -2.46. The Morgan fingerprint density at radius 2 is 1.79 bits per heavy atom. The SMILES string of the molecule is Cc1ccc(C(C(=O)O)N2C[C@@H](CN3CCC(O)(CCCc4ccccc4)CC3)[C@H](c3ccsc3)C2)cc1. The second-order valence-corrected chi connectivity index (χ2v) is 12.2. The van der Waals surface area contributed by atoms with E-state index < -0.39 is 17.6 Å². The van der Waals surface area contributed by atoms with Gasteiger partial charge in [-0.3, -0.25) is 9.69 Å². The van der Waals surface area contributed by atoms with Crippen LogP contribution in [-0.4, -0.2) is 64.3 Å². The van der Waals surface area contributed by atoms with Crippen molar-refractivity contribution in [1.29, 1.82) is 0 Å². The summed E-state index contributed by atoms with van der Waals surface area (Å²) in [4.78, 5) is 17.1. The molecule has 0 bridgehead atoms. The Morgan fingerprint density at radius 1 is 1.05 bits per heavy atom. The fourth-order valence-corrected chi connectivity index (χ4v) is 7.15. The number of nitrogens with zero attached hydrogens (tertiary/aromatic N) is 2. The van der Waals surface area contributed by atoms with E-state index in [0.717, 1.165) is 76.0 Å². The van der Waals surface area contributed by atoms with E-state index in [2.05, 4.69) is 50.9 Å². The zero-order chi connectivity index (χ0) is 26.5. The van der Waals surface area contributed by atoms with E-state index in [1.165, 1.54) is 11.1 Å². The van der Waals surface area contributed by atoms with E-state index in [0.29, 0.717) is 11.8 Å². The number of rotatable bonds is 10. The fraction of sp³-hybridized carbons (Fsp3) is 0.469.